The Morgan fingerprint density at radius 3 is 3.17 bits per heavy atom. The maximum Gasteiger partial charge on any atom is 0.173 e. The molecule has 0 radical (unpaired) electrons. The van der Waals surface area contributed by atoms with Crippen LogP contribution in [0.4, 0.5) is 0 Å². The molecule has 64 valence electrons. The summed E-state index contributed by atoms with van der Waals surface area (Å²) in [5.41, 5.74) is 6.74. The Hall–Kier alpha value is -0.670. The first-order chi connectivity index (χ1) is 5.81. The third kappa shape index (κ3) is 1.19. The fourth-order valence-electron chi connectivity index (χ4n) is 1.65. The molecule has 1 heterocycles. The second-order valence-electron chi connectivity index (χ2n) is 3.21. The summed E-state index contributed by atoms with van der Waals surface area (Å²) >= 11 is 1.56. The van der Waals surface area contributed by atoms with Gasteiger partial charge in [0.05, 0.1) is 4.88 Å². The van der Waals surface area contributed by atoms with Crippen LogP contribution in [0.15, 0.2) is 11.4 Å². The van der Waals surface area contributed by atoms with E-state index >= 15 is 0 Å². The molecule has 0 bridgehead atoms. The molecular weight excluding hydrogens is 170 g/mol. The van der Waals surface area contributed by atoms with Gasteiger partial charge in [-0.25, -0.2) is 0 Å². The van der Waals surface area contributed by atoms with Crippen LogP contribution in [0, 0.1) is 5.92 Å². The van der Waals surface area contributed by atoms with E-state index < -0.39 is 0 Å². The number of hydrogen-bond donors (Lipinski definition) is 1. The number of thiophene rings is 1. The largest absolute Gasteiger partial charge is 0.330 e. The zero-order valence-corrected chi connectivity index (χ0v) is 7.56. The van der Waals surface area contributed by atoms with Crippen LogP contribution in [0.5, 0.6) is 0 Å². The van der Waals surface area contributed by atoms with Crippen LogP contribution in [0.3, 0.4) is 0 Å². The van der Waals surface area contributed by atoms with Gasteiger partial charge in [-0.1, -0.05) is 0 Å². The van der Waals surface area contributed by atoms with Gasteiger partial charge < -0.3 is 5.73 Å². The molecule has 1 unspecified atom stereocenters. The maximum atomic E-state index is 11.5. The Bertz CT molecular complexity index is 305. The van der Waals surface area contributed by atoms with Gasteiger partial charge >= 0.3 is 0 Å². The summed E-state index contributed by atoms with van der Waals surface area (Å²) < 4.78 is 0. The molecule has 1 aromatic rings. The smallest absolute Gasteiger partial charge is 0.173 e. The summed E-state index contributed by atoms with van der Waals surface area (Å²) in [7, 11) is 0. The van der Waals surface area contributed by atoms with Crippen molar-refractivity contribution in [3.63, 3.8) is 0 Å². The number of hydrogen-bond acceptors (Lipinski definition) is 3. The second kappa shape index (κ2) is 2.99. The molecule has 0 spiro atoms. The molecule has 0 amide bonds. The first-order valence-corrected chi connectivity index (χ1v) is 4.99. The Kier molecular flexibility index (Phi) is 1.98. The predicted octanol–water partition coefficient (Wildman–Crippen LogP) is 1.45. The van der Waals surface area contributed by atoms with Gasteiger partial charge in [-0.15, -0.1) is 11.3 Å². The Labute approximate surface area is 75.4 Å². The van der Waals surface area contributed by atoms with E-state index in [2.05, 4.69) is 0 Å². The maximum absolute atomic E-state index is 11.5. The summed E-state index contributed by atoms with van der Waals surface area (Å²) in [6, 6.07) is 2.04. The van der Waals surface area contributed by atoms with Gasteiger partial charge in [0, 0.05) is 6.42 Å². The number of nitrogens with two attached hydrogens (primary N) is 1. The molecule has 1 aliphatic carbocycles. The van der Waals surface area contributed by atoms with Crippen LogP contribution in [0.2, 0.25) is 0 Å². The number of Topliss-reactive ketones (excluding diaryl/α,β-unsaturated/α-hetero) is 1. The zero-order valence-electron chi connectivity index (χ0n) is 6.75. The zero-order chi connectivity index (χ0) is 8.55. The molecule has 0 fully saturated rings. The minimum atomic E-state index is 0.279. The third-order valence-electron chi connectivity index (χ3n) is 2.32. The highest BCUT2D eigenvalue weighted by atomic mass is 32.1. The van der Waals surface area contributed by atoms with Gasteiger partial charge in [0.25, 0.3) is 0 Å². The average molecular weight is 181 g/mol. The van der Waals surface area contributed by atoms with Crippen molar-refractivity contribution in [1.82, 2.24) is 0 Å². The SMILES string of the molecule is NCC1CC(=O)c2sccc2C1. The third-order valence-corrected chi connectivity index (χ3v) is 3.31. The van der Waals surface area contributed by atoms with E-state index in [1.54, 1.807) is 11.3 Å². The minimum absolute atomic E-state index is 0.279. The van der Waals surface area contributed by atoms with E-state index in [0.717, 1.165) is 11.3 Å². The Morgan fingerprint density at radius 1 is 1.58 bits per heavy atom. The van der Waals surface area contributed by atoms with Gasteiger partial charge in [-0.2, -0.15) is 0 Å². The number of carbonyl (C=O) groups is 1. The van der Waals surface area contributed by atoms with E-state index in [1.165, 1.54) is 5.56 Å². The first-order valence-electron chi connectivity index (χ1n) is 4.11. The Balaban J connectivity index is 2.32. The number of fused-ring (bicyclic) bond motifs is 1. The molecule has 2 rings (SSSR count). The van der Waals surface area contributed by atoms with Gasteiger partial charge in [-0.05, 0) is 35.9 Å². The van der Waals surface area contributed by atoms with Gasteiger partial charge in [0.2, 0.25) is 0 Å². The second-order valence-corrected chi connectivity index (χ2v) is 4.12. The molecule has 1 atom stereocenters. The molecule has 0 saturated heterocycles. The van der Waals surface area contributed by atoms with Crippen molar-refractivity contribution < 1.29 is 4.79 Å². The molecule has 0 aromatic carbocycles. The molecule has 3 heteroatoms. The van der Waals surface area contributed by atoms with Crippen LogP contribution in [0.25, 0.3) is 0 Å². The average Bonchev–Trinajstić information content (AvgIpc) is 2.52. The predicted molar refractivity (Wildman–Crippen MR) is 49.5 cm³/mol. The fraction of sp³-hybridized carbons (Fsp3) is 0.444. The van der Waals surface area contributed by atoms with E-state index in [4.69, 9.17) is 5.73 Å². The summed E-state index contributed by atoms with van der Waals surface area (Å²) in [6.45, 7) is 0.626. The summed E-state index contributed by atoms with van der Waals surface area (Å²) in [5.74, 6) is 0.654. The van der Waals surface area contributed by atoms with E-state index in [0.29, 0.717) is 18.9 Å². The number of rotatable bonds is 1. The minimum Gasteiger partial charge on any atom is -0.330 e. The van der Waals surface area contributed by atoms with E-state index in [-0.39, 0.29) is 5.78 Å². The van der Waals surface area contributed by atoms with Gasteiger partial charge in [0.1, 0.15) is 0 Å². The summed E-state index contributed by atoms with van der Waals surface area (Å²) in [4.78, 5) is 12.4. The molecule has 0 aliphatic heterocycles. The highest BCUT2D eigenvalue weighted by Crippen LogP contribution is 2.28. The van der Waals surface area contributed by atoms with Crippen molar-refractivity contribution in [2.75, 3.05) is 6.54 Å². The molecule has 2 N–H and O–H groups in total. The summed E-state index contributed by atoms with van der Waals surface area (Å²) in [5, 5.41) is 1.99. The van der Waals surface area contributed by atoms with Crippen LogP contribution < -0.4 is 5.73 Å². The lowest BCUT2D eigenvalue weighted by Crippen LogP contribution is -2.24. The molecule has 1 aromatic heterocycles. The van der Waals surface area contributed by atoms with Crippen molar-refractivity contribution in [2.45, 2.75) is 12.8 Å². The fourth-order valence-corrected chi connectivity index (χ4v) is 2.53. The lowest BCUT2D eigenvalue weighted by Gasteiger charge is -2.18. The number of ketones is 1. The monoisotopic (exact) mass is 181 g/mol. The number of carbonyl (C=O) groups excluding carboxylic acids is 1. The van der Waals surface area contributed by atoms with Crippen molar-refractivity contribution in [1.29, 1.82) is 0 Å². The normalized spacial score (nSPS) is 22.4. The van der Waals surface area contributed by atoms with Crippen LogP contribution in [0.1, 0.15) is 21.7 Å². The van der Waals surface area contributed by atoms with Crippen molar-refractivity contribution in [3.05, 3.63) is 21.9 Å². The van der Waals surface area contributed by atoms with E-state index in [1.807, 2.05) is 11.4 Å². The van der Waals surface area contributed by atoms with Crippen molar-refractivity contribution in [3.8, 4) is 0 Å². The molecular formula is C9H11NOS. The van der Waals surface area contributed by atoms with Crippen molar-refractivity contribution >= 4 is 17.1 Å². The van der Waals surface area contributed by atoms with Crippen molar-refractivity contribution in [2.24, 2.45) is 11.7 Å². The Morgan fingerprint density at radius 2 is 2.42 bits per heavy atom. The highest BCUT2D eigenvalue weighted by Gasteiger charge is 2.24. The first kappa shape index (κ1) is 7.95. The standard InChI is InChI=1S/C9H11NOS/c10-5-6-3-7-1-2-12-9(7)8(11)4-6/h1-2,6H,3-5,10H2. The van der Waals surface area contributed by atoms with Gasteiger partial charge in [0.15, 0.2) is 5.78 Å². The topological polar surface area (TPSA) is 43.1 Å². The lowest BCUT2D eigenvalue weighted by atomic mass is 9.88. The summed E-state index contributed by atoms with van der Waals surface area (Å²) in [6.07, 6.45) is 1.63. The lowest BCUT2D eigenvalue weighted by molar-refractivity contribution is 0.0955. The molecule has 2 nitrogen and oxygen atoms in total. The highest BCUT2D eigenvalue weighted by molar-refractivity contribution is 7.12. The van der Waals surface area contributed by atoms with Crippen LogP contribution in [-0.2, 0) is 6.42 Å². The molecule has 1 aliphatic rings. The molecule has 0 saturated carbocycles. The van der Waals surface area contributed by atoms with Gasteiger partial charge in [-0.3, -0.25) is 4.79 Å². The van der Waals surface area contributed by atoms with E-state index in [9.17, 15) is 4.79 Å². The quantitative estimate of drug-likeness (QED) is 0.712. The molecule has 12 heavy (non-hydrogen) atoms. The van der Waals surface area contributed by atoms with Crippen LogP contribution >= 0.6 is 11.3 Å². The van der Waals surface area contributed by atoms with Crippen LogP contribution in [-0.4, -0.2) is 12.3 Å².